The fourth-order valence-electron chi connectivity index (χ4n) is 1.45. The lowest BCUT2D eigenvalue weighted by molar-refractivity contribution is -0.672. The molecule has 0 radical (unpaired) electrons. The van der Waals surface area contributed by atoms with E-state index in [2.05, 4.69) is 5.32 Å². The fourth-order valence-corrected chi connectivity index (χ4v) is 1.45. The lowest BCUT2D eigenvalue weighted by atomic mass is 10.2. The van der Waals surface area contributed by atoms with Crippen LogP contribution in [0, 0.1) is 0 Å². The van der Waals surface area contributed by atoms with Gasteiger partial charge in [-0.15, -0.1) is 0 Å². The number of ether oxygens (including phenoxy) is 2. The Kier molecular flexibility index (Phi) is 4.53. The molecule has 1 rings (SSSR count). The maximum atomic E-state index is 11.5. The number of rotatable bonds is 3. The number of nitrogens with zero attached hydrogens (tertiary/aromatic N) is 1. The van der Waals surface area contributed by atoms with Crippen LogP contribution in [-0.2, 0) is 18.3 Å². The lowest BCUT2D eigenvalue weighted by Crippen LogP contribution is -2.33. The molecule has 0 saturated heterocycles. The van der Waals surface area contributed by atoms with Crippen molar-refractivity contribution in [3.8, 4) is 5.75 Å². The molecule has 0 aromatic carbocycles. The first-order valence-electron chi connectivity index (χ1n) is 5.80. The molecule has 18 heavy (non-hydrogen) atoms. The van der Waals surface area contributed by atoms with Crippen molar-refractivity contribution in [1.82, 2.24) is 5.32 Å². The van der Waals surface area contributed by atoms with Gasteiger partial charge in [-0.1, -0.05) is 0 Å². The molecule has 5 heteroatoms. The molecule has 1 N–H and O–H groups in total. The Morgan fingerprint density at radius 1 is 1.39 bits per heavy atom. The summed E-state index contributed by atoms with van der Waals surface area (Å²) in [5.41, 5.74) is 0.464. The summed E-state index contributed by atoms with van der Waals surface area (Å²) in [5.74, 6) is 0.751. The first-order valence-corrected chi connectivity index (χ1v) is 5.80. The van der Waals surface area contributed by atoms with E-state index in [0.29, 0.717) is 6.54 Å². The number of pyridine rings is 1. The number of aromatic nitrogens is 1. The van der Waals surface area contributed by atoms with Crippen LogP contribution in [0.25, 0.3) is 0 Å². The van der Waals surface area contributed by atoms with Gasteiger partial charge >= 0.3 is 6.09 Å². The van der Waals surface area contributed by atoms with Crippen LogP contribution in [-0.4, -0.2) is 18.8 Å². The number of hydrogen-bond acceptors (Lipinski definition) is 3. The third-order valence-corrected chi connectivity index (χ3v) is 2.10. The number of amides is 1. The zero-order chi connectivity index (χ0) is 13.8. The molecule has 0 saturated carbocycles. The van der Waals surface area contributed by atoms with Gasteiger partial charge in [0, 0.05) is 5.56 Å². The number of carbonyl (C=O) groups excluding carboxylic acids is 1. The van der Waals surface area contributed by atoms with E-state index in [1.54, 1.807) is 7.11 Å². The van der Waals surface area contributed by atoms with E-state index in [1.807, 2.05) is 50.8 Å². The number of alkyl carbamates (subject to hydrolysis) is 1. The van der Waals surface area contributed by atoms with Crippen LogP contribution in [0.2, 0.25) is 0 Å². The van der Waals surface area contributed by atoms with Crippen molar-refractivity contribution in [1.29, 1.82) is 0 Å². The molecule has 0 aliphatic rings. The summed E-state index contributed by atoms with van der Waals surface area (Å²) < 4.78 is 12.2. The van der Waals surface area contributed by atoms with E-state index in [1.165, 1.54) is 0 Å². The van der Waals surface area contributed by atoms with Gasteiger partial charge in [0.25, 0.3) is 0 Å². The number of carbonyl (C=O) groups is 1. The van der Waals surface area contributed by atoms with Crippen LogP contribution in [0.15, 0.2) is 18.5 Å². The molecular formula is C13H21N2O3+. The predicted octanol–water partition coefficient (Wildman–Crippen LogP) is 1.54. The summed E-state index contributed by atoms with van der Waals surface area (Å²) >= 11 is 0. The van der Waals surface area contributed by atoms with Gasteiger partial charge in [0.2, 0.25) is 6.20 Å². The van der Waals surface area contributed by atoms with Crippen LogP contribution in [0.5, 0.6) is 5.75 Å². The van der Waals surface area contributed by atoms with E-state index in [0.717, 1.165) is 11.3 Å². The van der Waals surface area contributed by atoms with Crippen LogP contribution >= 0.6 is 0 Å². The van der Waals surface area contributed by atoms with Gasteiger partial charge in [-0.25, -0.2) is 9.36 Å². The molecule has 0 atom stereocenters. The van der Waals surface area contributed by atoms with Gasteiger partial charge < -0.3 is 14.8 Å². The second-order valence-electron chi connectivity index (χ2n) is 5.10. The first-order chi connectivity index (χ1) is 8.30. The third kappa shape index (κ3) is 5.03. The van der Waals surface area contributed by atoms with Crippen LogP contribution in [0.1, 0.15) is 26.3 Å². The average molecular weight is 253 g/mol. The molecule has 5 nitrogen and oxygen atoms in total. The van der Waals surface area contributed by atoms with E-state index in [4.69, 9.17) is 9.47 Å². The molecule has 0 unspecified atom stereocenters. The Morgan fingerprint density at radius 2 is 2.06 bits per heavy atom. The van der Waals surface area contributed by atoms with Crippen molar-refractivity contribution >= 4 is 6.09 Å². The predicted molar refractivity (Wildman–Crippen MR) is 67.2 cm³/mol. The van der Waals surface area contributed by atoms with Crippen LogP contribution < -0.4 is 14.6 Å². The summed E-state index contributed by atoms with van der Waals surface area (Å²) in [6.45, 7) is 5.90. The highest BCUT2D eigenvalue weighted by Crippen LogP contribution is 2.10. The SMILES string of the molecule is COc1cc(CNC(=O)OC(C)(C)C)c[n+](C)c1. The van der Waals surface area contributed by atoms with Gasteiger partial charge in [0.05, 0.1) is 13.7 Å². The van der Waals surface area contributed by atoms with E-state index >= 15 is 0 Å². The summed E-state index contributed by atoms with van der Waals surface area (Å²) in [6, 6.07) is 1.87. The number of methoxy groups -OCH3 is 1. The smallest absolute Gasteiger partial charge is 0.407 e. The Bertz CT molecular complexity index is 425. The first kappa shape index (κ1) is 14.3. The van der Waals surface area contributed by atoms with Crippen molar-refractivity contribution in [3.63, 3.8) is 0 Å². The second kappa shape index (κ2) is 5.71. The maximum absolute atomic E-state index is 11.5. The molecule has 0 fully saturated rings. The molecule has 0 aliphatic carbocycles. The largest absolute Gasteiger partial charge is 0.491 e. The molecular weight excluding hydrogens is 232 g/mol. The van der Waals surface area contributed by atoms with E-state index in [-0.39, 0.29) is 0 Å². The molecule has 1 aromatic rings. The zero-order valence-electron chi connectivity index (χ0n) is 11.6. The highest BCUT2D eigenvalue weighted by molar-refractivity contribution is 5.67. The van der Waals surface area contributed by atoms with Gasteiger partial charge in [-0.3, -0.25) is 0 Å². The minimum atomic E-state index is -0.483. The van der Waals surface area contributed by atoms with Crippen LogP contribution in [0.3, 0.4) is 0 Å². The number of hydrogen-bond donors (Lipinski definition) is 1. The second-order valence-corrected chi connectivity index (χ2v) is 5.10. The summed E-state index contributed by atoms with van der Waals surface area (Å²) in [7, 11) is 3.51. The number of nitrogens with one attached hydrogen (secondary N) is 1. The molecule has 0 aliphatic heterocycles. The van der Waals surface area contributed by atoms with Crippen molar-refractivity contribution < 1.29 is 18.8 Å². The summed E-state index contributed by atoms with van der Waals surface area (Å²) in [4.78, 5) is 11.5. The third-order valence-electron chi connectivity index (χ3n) is 2.10. The fraction of sp³-hybridized carbons (Fsp3) is 0.538. The lowest BCUT2D eigenvalue weighted by Gasteiger charge is -2.19. The van der Waals surface area contributed by atoms with Crippen molar-refractivity contribution in [2.45, 2.75) is 32.9 Å². The van der Waals surface area contributed by atoms with Crippen molar-refractivity contribution in [2.24, 2.45) is 7.05 Å². The number of aryl methyl sites for hydroxylation is 1. The minimum absolute atomic E-state index is 0.403. The van der Waals surface area contributed by atoms with Crippen molar-refractivity contribution in [3.05, 3.63) is 24.0 Å². The van der Waals surface area contributed by atoms with E-state index in [9.17, 15) is 4.79 Å². The quantitative estimate of drug-likeness (QED) is 0.831. The topological polar surface area (TPSA) is 51.4 Å². The highest BCUT2D eigenvalue weighted by atomic mass is 16.6. The zero-order valence-corrected chi connectivity index (χ0v) is 11.6. The molecule has 1 amide bonds. The van der Waals surface area contributed by atoms with Crippen LogP contribution in [0.4, 0.5) is 4.79 Å². The average Bonchev–Trinajstić information content (AvgIpc) is 2.23. The molecule has 0 bridgehead atoms. The molecule has 1 aromatic heterocycles. The molecule has 1 heterocycles. The Hall–Kier alpha value is -1.78. The molecule has 0 spiro atoms. The van der Waals surface area contributed by atoms with Gasteiger partial charge in [-0.2, -0.15) is 0 Å². The van der Waals surface area contributed by atoms with Crippen molar-refractivity contribution in [2.75, 3.05) is 7.11 Å². The Balaban J connectivity index is 2.58. The minimum Gasteiger partial charge on any atom is -0.491 e. The highest BCUT2D eigenvalue weighted by Gasteiger charge is 2.16. The monoisotopic (exact) mass is 253 g/mol. The van der Waals surface area contributed by atoms with E-state index < -0.39 is 11.7 Å². The Labute approximate surface area is 108 Å². The van der Waals surface area contributed by atoms with Gasteiger partial charge in [0.15, 0.2) is 11.9 Å². The Morgan fingerprint density at radius 3 is 2.61 bits per heavy atom. The molecule has 100 valence electrons. The maximum Gasteiger partial charge on any atom is 0.407 e. The summed E-state index contributed by atoms with van der Waals surface area (Å²) in [5, 5.41) is 2.70. The standard InChI is InChI=1S/C13H20N2O3/c1-13(2,3)18-12(16)14-7-10-6-11(17-5)9-15(4)8-10/h6,8-9H,7H2,1-5H3/p+1. The van der Waals surface area contributed by atoms with Gasteiger partial charge in [0.1, 0.15) is 12.6 Å². The summed E-state index contributed by atoms with van der Waals surface area (Å²) in [6.07, 6.45) is 3.35. The van der Waals surface area contributed by atoms with Gasteiger partial charge in [-0.05, 0) is 26.8 Å². The normalized spacial score (nSPS) is 10.9.